The highest BCUT2D eigenvalue weighted by Gasteiger charge is 2.05. The van der Waals surface area contributed by atoms with Crippen molar-refractivity contribution in [2.45, 2.75) is 32.4 Å². The number of hydrogen-bond donors (Lipinski definition) is 2. The first-order chi connectivity index (χ1) is 8.61. The minimum atomic E-state index is -0.486. The SMILES string of the molecule is C=CCc1ccc(OC[C@@H](O)CNC(C)C)cc1. The maximum absolute atomic E-state index is 9.70. The Bertz CT molecular complexity index is 346. The summed E-state index contributed by atoms with van der Waals surface area (Å²) in [6.45, 7) is 8.65. The monoisotopic (exact) mass is 249 g/mol. The number of allylic oxidation sites excluding steroid dienone is 1. The molecule has 0 fully saturated rings. The summed E-state index contributed by atoms with van der Waals surface area (Å²) in [5.41, 5.74) is 1.21. The fourth-order valence-electron chi connectivity index (χ4n) is 1.51. The van der Waals surface area contributed by atoms with Gasteiger partial charge in [0.2, 0.25) is 0 Å². The summed E-state index contributed by atoms with van der Waals surface area (Å²) in [6, 6.07) is 8.23. The third kappa shape index (κ3) is 5.84. The molecule has 2 N–H and O–H groups in total. The predicted molar refractivity (Wildman–Crippen MR) is 75.0 cm³/mol. The Hall–Kier alpha value is -1.32. The molecule has 100 valence electrons. The maximum atomic E-state index is 9.70. The first-order valence-corrected chi connectivity index (χ1v) is 6.36. The van der Waals surface area contributed by atoms with Crippen molar-refractivity contribution in [1.29, 1.82) is 0 Å². The Kier molecular flexibility index (Phi) is 6.47. The Morgan fingerprint density at radius 1 is 1.33 bits per heavy atom. The molecule has 0 spiro atoms. The standard InChI is InChI=1S/C15H23NO2/c1-4-5-13-6-8-15(9-7-13)18-11-14(17)10-16-12(2)3/h4,6-9,12,14,16-17H,1,5,10-11H2,2-3H3/t14-/m0/s1. The molecule has 1 atom stereocenters. The van der Waals surface area contributed by atoms with Gasteiger partial charge >= 0.3 is 0 Å². The number of aliphatic hydroxyl groups is 1. The van der Waals surface area contributed by atoms with Crippen LogP contribution in [-0.4, -0.2) is 30.4 Å². The molecule has 1 aromatic rings. The fraction of sp³-hybridized carbons (Fsp3) is 0.467. The smallest absolute Gasteiger partial charge is 0.119 e. The van der Waals surface area contributed by atoms with Crippen LogP contribution in [0.4, 0.5) is 0 Å². The van der Waals surface area contributed by atoms with Crippen molar-refractivity contribution in [2.75, 3.05) is 13.2 Å². The predicted octanol–water partition coefficient (Wildman–Crippen LogP) is 2.15. The van der Waals surface area contributed by atoms with Crippen molar-refractivity contribution >= 4 is 0 Å². The fourth-order valence-corrected chi connectivity index (χ4v) is 1.51. The van der Waals surface area contributed by atoms with Gasteiger partial charge in [0.05, 0.1) is 0 Å². The topological polar surface area (TPSA) is 41.5 Å². The number of hydrogen-bond acceptors (Lipinski definition) is 3. The molecule has 0 aliphatic heterocycles. The van der Waals surface area contributed by atoms with E-state index in [0.717, 1.165) is 12.2 Å². The van der Waals surface area contributed by atoms with Crippen LogP contribution in [0.3, 0.4) is 0 Å². The number of aliphatic hydroxyl groups excluding tert-OH is 1. The van der Waals surface area contributed by atoms with Crippen molar-refractivity contribution in [3.05, 3.63) is 42.5 Å². The summed E-state index contributed by atoms with van der Waals surface area (Å²) < 4.78 is 5.52. The number of rotatable bonds is 8. The van der Waals surface area contributed by atoms with Gasteiger partial charge in [-0.2, -0.15) is 0 Å². The van der Waals surface area contributed by atoms with E-state index in [1.54, 1.807) is 0 Å². The lowest BCUT2D eigenvalue weighted by Crippen LogP contribution is -2.35. The maximum Gasteiger partial charge on any atom is 0.119 e. The molecular weight excluding hydrogens is 226 g/mol. The van der Waals surface area contributed by atoms with Crippen LogP contribution in [0, 0.1) is 0 Å². The second-order valence-corrected chi connectivity index (χ2v) is 4.66. The van der Waals surface area contributed by atoms with Crippen molar-refractivity contribution < 1.29 is 9.84 Å². The molecule has 0 aromatic heterocycles. The summed E-state index contributed by atoms with van der Waals surface area (Å²) in [7, 11) is 0. The van der Waals surface area contributed by atoms with Gasteiger partial charge in [-0.3, -0.25) is 0 Å². The molecule has 3 nitrogen and oxygen atoms in total. The van der Waals surface area contributed by atoms with Gasteiger partial charge in [0.1, 0.15) is 18.5 Å². The van der Waals surface area contributed by atoms with E-state index >= 15 is 0 Å². The van der Waals surface area contributed by atoms with E-state index < -0.39 is 6.10 Å². The molecule has 0 bridgehead atoms. The first-order valence-electron chi connectivity index (χ1n) is 6.36. The summed E-state index contributed by atoms with van der Waals surface area (Å²) in [5, 5.41) is 12.9. The summed E-state index contributed by atoms with van der Waals surface area (Å²) >= 11 is 0. The van der Waals surface area contributed by atoms with Gasteiger partial charge in [-0.1, -0.05) is 32.1 Å². The number of benzene rings is 1. The van der Waals surface area contributed by atoms with Gasteiger partial charge in [0.25, 0.3) is 0 Å². The normalized spacial score (nSPS) is 12.4. The summed E-state index contributed by atoms with van der Waals surface area (Å²) in [5.74, 6) is 0.784. The molecule has 1 aromatic carbocycles. The van der Waals surface area contributed by atoms with Gasteiger partial charge < -0.3 is 15.2 Å². The zero-order valence-corrected chi connectivity index (χ0v) is 11.2. The number of nitrogens with one attached hydrogen (secondary N) is 1. The lowest BCUT2D eigenvalue weighted by Gasteiger charge is -2.15. The van der Waals surface area contributed by atoms with Crippen LogP contribution in [0.1, 0.15) is 19.4 Å². The lowest BCUT2D eigenvalue weighted by atomic mass is 10.1. The molecule has 0 saturated carbocycles. The average molecular weight is 249 g/mol. The third-order valence-corrected chi connectivity index (χ3v) is 2.51. The summed E-state index contributed by atoms with van der Waals surface area (Å²) in [4.78, 5) is 0. The molecule has 3 heteroatoms. The van der Waals surface area contributed by atoms with Crippen molar-refractivity contribution in [1.82, 2.24) is 5.32 Å². The van der Waals surface area contributed by atoms with Gasteiger partial charge in [-0.25, -0.2) is 0 Å². The zero-order valence-electron chi connectivity index (χ0n) is 11.2. The van der Waals surface area contributed by atoms with Crippen LogP contribution < -0.4 is 10.1 Å². The van der Waals surface area contributed by atoms with Crippen LogP contribution in [0.2, 0.25) is 0 Å². The van der Waals surface area contributed by atoms with Crippen molar-refractivity contribution in [3.8, 4) is 5.75 Å². The van der Waals surface area contributed by atoms with E-state index in [-0.39, 0.29) is 0 Å². The Labute approximate surface area is 109 Å². The highest BCUT2D eigenvalue weighted by atomic mass is 16.5. The molecule has 0 amide bonds. The van der Waals surface area contributed by atoms with Crippen LogP contribution in [-0.2, 0) is 6.42 Å². The highest BCUT2D eigenvalue weighted by molar-refractivity contribution is 5.28. The number of ether oxygens (including phenoxy) is 1. The van der Waals surface area contributed by atoms with Crippen LogP contribution in [0.25, 0.3) is 0 Å². The molecule has 1 rings (SSSR count). The molecule has 0 aliphatic rings. The molecular formula is C15H23NO2. The molecule has 0 unspecified atom stereocenters. The van der Waals surface area contributed by atoms with Crippen LogP contribution in [0.15, 0.2) is 36.9 Å². The molecule has 0 radical (unpaired) electrons. The molecule has 0 saturated heterocycles. The Morgan fingerprint density at radius 2 is 2.00 bits per heavy atom. The third-order valence-electron chi connectivity index (χ3n) is 2.51. The van der Waals surface area contributed by atoms with E-state index in [9.17, 15) is 5.11 Å². The van der Waals surface area contributed by atoms with Gasteiger partial charge in [-0.05, 0) is 24.1 Å². The van der Waals surface area contributed by atoms with E-state index in [4.69, 9.17) is 4.74 Å². The van der Waals surface area contributed by atoms with Crippen LogP contribution in [0.5, 0.6) is 5.75 Å². The van der Waals surface area contributed by atoms with Crippen molar-refractivity contribution in [2.24, 2.45) is 0 Å². The first kappa shape index (κ1) is 14.7. The van der Waals surface area contributed by atoms with Gasteiger partial charge in [0.15, 0.2) is 0 Å². The second-order valence-electron chi connectivity index (χ2n) is 4.66. The zero-order chi connectivity index (χ0) is 13.4. The lowest BCUT2D eigenvalue weighted by molar-refractivity contribution is 0.104. The average Bonchev–Trinajstić information content (AvgIpc) is 2.36. The van der Waals surface area contributed by atoms with Gasteiger partial charge in [-0.15, -0.1) is 6.58 Å². The highest BCUT2D eigenvalue weighted by Crippen LogP contribution is 2.12. The largest absolute Gasteiger partial charge is 0.491 e. The molecule has 0 aliphatic carbocycles. The molecule has 0 heterocycles. The minimum absolute atomic E-state index is 0.306. The second kappa shape index (κ2) is 7.90. The van der Waals surface area contributed by atoms with Gasteiger partial charge in [0, 0.05) is 12.6 Å². The van der Waals surface area contributed by atoms with E-state index in [0.29, 0.717) is 19.2 Å². The quantitative estimate of drug-likeness (QED) is 0.694. The van der Waals surface area contributed by atoms with E-state index in [1.165, 1.54) is 5.56 Å². The Balaban J connectivity index is 2.31. The van der Waals surface area contributed by atoms with E-state index in [1.807, 2.05) is 44.2 Å². The van der Waals surface area contributed by atoms with E-state index in [2.05, 4.69) is 11.9 Å². The molecule has 18 heavy (non-hydrogen) atoms. The van der Waals surface area contributed by atoms with Crippen LogP contribution >= 0.6 is 0 Å². The minimum Gasteiger partial charge on any atom is -0.491 e. The Morgan fingerprint density at radius 3 is 2.56 bits per heavy atom. The van der Waals surface area contributed by atoms with Crippen molar-refractivity contribution in [3.63, 3.8) is 0 Å². The summed E-state index contributed by atoms with van der Waals surface area (Å²) in [6.07, 6.45) is 2.25.